The summed E-state index contributed by atoms with van der Waals surface area (Å²) in [6.07, 6.45) is 3.27. The molecule has 0 saturated heterocycles. The Balaban J connectivity index is 1.83. The second-order valence-corrected chi connectivity index (χ2v) is 8.38. The summed E-state index contributed by atoms with van der Waals surface area (Å²) in [7, 11) is 3.26. The van der Waals surface area contributed by atoms with E-state index in [0.717, 1.165) is 38.9 Å². The van der Waals surface area contributed by atoms with Crippen LogP contribution in [0.1, 0.15) is 30.7 Å². The van der Waals surface area contributed by atoms with Gasteiger partial charge in [0.15, 0.2) is 0 Å². The van der Waals surface area contributed by atoms with Gasteiger partial charge in [-0.25, -0.2) is 4.98 Å². The zero-order valence-corrected chi connectivity index (χ0v) is 21.4. The fraction of sp³-hybridized carbons (Fsp3) is 0.241. The zero-order valence-electron chi connectivity index (χ0n) is 21.4. The van der Waals surface area contributed by atoms with Crippen molar-refractivity contribution in [2.24, 2.45) is 0 Å². The molecule has 186 valence electrons. The predicted molar refractivity (Wildman–Crippen MR) is 142 cm³/mol. The van der Waals surface area contributed by atoms with E-state index in [1.807, 2.05) is 64.1 Å². The summed E-state index contributed by atoms with van der Waals surface area (Å²) in [4.78, 5) is 17.1. The quantitative estimate of drug-likeness (QED) is 0.284. The van der Waals surface area contributed by atoms with Crippen molar-refractivity contribution in [3.8, 4) is 28.4 Å². The van der Waals surface area contributed by atoms with Crippen molar-refractivity contribution in [3.05, 3.63) is 71.6 Å². The lowest BCUT2D eigenvalue weighted by Crippen LogP contribution is -2.10. The first-order valence-electron chi connectivity index (χ1n) is 11.7. The van der Waals surface area contributed by atoms with Gasteiger partial charge >= 0.3 is 0 Å². The molecule has 0 aliphatic carbocycles. The number of hydrogen-bond donors (Lipinski definition) is 1. The van der Waals surface area contributed by atoms with Crippen molar-refractivity contribution in [2.45, 2.75) is 27.7 Å². The number of aryl methyl sites for hydroxylation is 2. The van der Waals surface area contributed by atoms with Gasteiger partial charge in [-0.15, -0.1) is 0 Å². The molecule has 4 rings (SSSR count). The predicted octanol–water partition coefficient (Wildman–Crippen LogP) is 6.57. The molecule has 0 spiro atoms. The molecule has 36 heavy (non-hydrogen) atoms. The Morgan fingerprint density at radius 1 is 1.08 bits per heavy atom. The van der Waals surface area contributed by atoms with Crippen molar-refractivity contribution in [3.63, 3.8) is 0 Å². The minimum atomic E-state index is -0.271. The van der Waals surface area contributed by atoms with E-state index in [1.165, 1.54) is 0 Å². The summed E-state index contributed by atoms with van der Waals surface area (Å²) in [6, 6.07) is 13.1. The molecule has 1 amide bonds. The number of carbonyl (C=O) groups is 1. The molecule has 7 nitrogen and oxygen atoms in total. The fourth-order valence-electron chi connectivity index (χ4n) is 4.22. The normalized spacial score (nSPS) is 11.4. The molecule has 0 saturated carbocycles. The SMILES string of the molecule is CCOc1c(/C(C)=C/C(=O)Nc2cccc(C)n2)cc2c(-c3cc(OC)ccc3OC)coc2c1C. The molecule has 7 heteroatoms. The molecule has 4 aromatic rings. The van der Waals surface area contributed by atoms with Crippen LogP contribution in [0.2, 0.25) is 0 Å². The van der Waals surface area contributed by atoms with Crippen LogP contribution in [0.5, 0.6) is 17.2 Å². The summed E-state index contributed by atoms with van der Waals surface area (Å²) in [6.45, 7) is 8.12. The number of ether oxygens (including phenoxy) is 3. The maximum absolute atomic E-state index is 12.8. The highest BCUT2D eigenvalue weighted by molar-refractivity contribution is 6.05. The topological polar surface area (TPSA) is 82.8 Å². The highest BCUT2D eigenvalue weighted by Gasteiger charge is 2.21. The van der Waals surface area contributed by atoms with Gasteiger partial charge in [0.1, 0.15) is 28.6 Å². The molecule has 0 unspecified atom stereocenters. The molecule has 0 atom stereocenters. The lowest BCUT2D eigenvalue weighted by molar-refractivity contribution is -0.111. The van der Waals surface area contributed by atoms with Crippen molar-refractivity contribution in [1.82, 2.24) is 4.98 Å². The molecule has 2 aromatic carbocycles. The first-order chi connectivity index (χ1) is 17.4. The Hall–Kier alpha value is -4.26. The van der Waals surface area contributed by atoms with Crippen LogP contribution in [0.4, 0.5) is 5.82 Å². The van der Waals surface area contributed by atoms with Crippen LogP contribution in [-0.2, 0) is 4.79 Å². The van der Waals surface area contributed by atoms with Gasteiger partial charge in [0.25, 0.3) is 0 Å². The van der Waals surface area contributed by atoms with E-state index in [9.17, 15) is 4.79 Å². The van der Waals surface area contributed by atoms with Crippen LogP contribution in [-0.4, -0.2) is 31.7 Å². The highest BCUT2D eigenvalue weighted by atomic mass is 16.5. The maximum Gasteiger partial charge on any atom is 0.249 e. The Kier molecular flexibility index (Phi) is 7.29. The molecule has 0 bridgehead atoms. The third-order valence-corrected chi connectivity index (χ3v) is 5.94. The molecular weight excluding hydrogens is 456 g/mol. The van der Waals surface area contributed by atoms with Crippen molar-refractivity contribution in [2.75, 3.05) is 26.1 Å². The molecule has 2 aromatic heterocycles. The zero-order chi connectivity index (χ0) is 25.8. The third kappa shape index (κ3) is 4.91. The molecule has 0 aliphatic rings. The van der Waals surface area contributed by atoms with E-state index in [2.05, 4.69) is 10.3 Å². The van der Waals surface area contributed by atoms with Gasteiger partial charge in [-0.1, -0.05) is 6.07 Å². The summed E-state index contributed by atoms with van der Waals surface area (Å²) in [5.41, 5.74) is 5.64. The number of amides is 1. The van der Waals surface area contributed by atoms with Gasteiger partial charge in [-0.3, -0.25) is 4.79 Å². The first-order valence-corrected chi connectivity index (χ1v) is 11.7. The molecule has 0 radical (unpaired) electrons. The number of allylic oxidation sites excluding steroid dienone is 1. The number of nitrogens with one attached hydrogen (secondary N) is 1. The van der Waals surface area contributed by atoms with Gasteiger partial charge in [0, 0.05) is 39.4 Å². The van der Waals surface area contributed by atoms with E-state index in [1.54, 1.807) is 32.6 Å². The summed E-state index contributed by atoms with van der Waals surface area (Å²) < 4.78 is 23.1. The minimum Gasteiger partial charge on any atom is -0.497 e. The Labute approximate surface area is 210 Å². The monoisotopic (exact) mass is 486 g/mol. The number of pyridine rings is 1. The van der Waals surface area contributed by atoms with Crippen LogP contribution in [0, 0.1) is 13.8 Å². The van der Waals surface area contributed by atoms with Crippen LogP contribution in [0.15, 0.2) is 59.2 Å². The molecule has 0 aliphatic heterocycles. The van der Waals surface area contributed by atoms with Gasteiger partial charge < -0.3 is 23.9 Å². The van der Waals surface area contributed by atoms with E-state index < -0.39 is 0 Å². The summed E-state index contributed by atoms with van der Waals surface area (Å²) >= 11 is 0. The largest absolute Gasteiger partial charge is 0.497 e. The third-order valence-electron chi connectivity index (χ3n) is 5.94. The number of methoxy groups -OCH3 is 2. The number of nitrogens with zero attached hydrogens (tertiary/aromatic N) is 1. The second-order valence-electron chi connectivity index (χ2n) is 8.38. The Morgan fingerprint density at radius 2 is 1.89 bits per heavy atom. The summed E-state index contributed by atoms with van der Waals surface area (Å²) in [5.74, 6) is 2.32. The number of rotatable bonds is 8. The number of carbonyl (C=O) groups excluding carboxylic acids is 1. The standard InChI is InChI=1S/C29H30N2O5/c1-7-35-28-19(4)29-23(24(16-36-29)22-14-20(33-5)11-12-25(22)34-6)15-21(28)17(2)13-27(32)31-26-10-8-9-18(3)30-26/h8-16H,7H2,1-6H3,(H,30,31,32)/b17-13+. The van der Waals surface area contributed by atoms with Crippen LogP contribution in [0.3, 0.4) is 0 Å². The van der Waals surface area contributed by atoms with Gasteiger partial charge in [0.2, 0.25) is 5.91 Å². The van der Waals surface area contributed by atoms with E-state index in [-0.39, 0.29) is 5.91 Å². The molecular formula is C29H30N2O5. The lowest BCUT2D eigenvalue weighted by Gasteiger charge is -2.15. The van der Waals surface area contributed by atoms with Crippen molar-refractivity contribution >= 4 is 28.3 Å². The number of hydrogen-bond acceptors (Lipinski definition) is 6. The Bertz CT molecular complexity index is 1450. The number of aromatic nitrogens is 1. The lowest BCUT2D eigenvalue weighted by atomic mass is 9.96. The molecule has 0 fully saturated rings. The minimum absolute atomic E-state index is 0.271. The molecule has 1 N–H and O–H groups in total. The smallest absolute Gasteiger partial charge is 0.249 e. The van der Waals surface area contributed by atoms with E-state index >= 15 is 0 Å². The average molecular weight is 487 g/mol. The van der Waals surface area contributed by atoms with E-state index in [4.69, 9.17) is 18.6 Å². The van der Waals surface area contributed by atoms with Gasteiger partial charge in [-0.2, -0.15) is 0 Å². The van der Waals surface area contributed by atoms with Crippen molar-refractivity contribution in [1.29, 1.82) is 0 Å². The second kappa shape index (κ2) is 10.6. The number of furan rings is 1. The average Bonchev–Trinajstić information content (AvgIpc) is 3.29. The Morgan fingerprint density at radius 3 is 2.58 bits per heavy atom. The number of fused-ring (bicyclic) bond motifs is 1. The van der Waals surface area contributed by atoms with E-state index in [0.29, 0.717) is 35.3 Å². The summed E-state index contributed by atoms with van der Waals surface area (Å²) in [5, 5.41) is 3.71. The highest BCUT2D eigenvalue weighted by Crippen LogP contribution is 2.43. The molecule has 2 heterocycles. The van der Waals surface area contributed by atoms with Crippen LogP contribution < -0.4 is 19.5 Å². The van der Waals surface area contributed by atoms with Gasteiger partial charge in [-0.05, 0) is 69.7 Å². The van der Waals surface area contributed by atoms with Crippen LogP contribution in [0.25, 0.3) is 27.7 Å². The van der Waals surface area contributed by atoms with Gasteiger partial charge in [0.05, 0.1) is 27.1 Å². The maximum atomic E-state index is 12.8. The number of anilines is 1. The van der Waals surface area contributed by atoms with Crippen LogP contribution >= 0.6 is 0 Å². The fourth-order valence-corrected chi connectivity index (χ4v) is 4.22. The number of benzene rings is 2. The van der Waals surface area contributed by atoms with Crippen molar-refractivity contribution < 1.29 is 23.4 Å². The first kappa shape index (κ1) is 24.9.